The Labute approximate surface area is 266 Å². The summed E-state index contributed by atoms with van der Waals surface area (Å²) in [6.45, 7) is 0. The molecule has 0 N–H and O–H groups in total. The van der Waals surface area contributed by atoms with Crippen molar-refractivity contribution in [1.82, 2.24) is 15.0 Å². The SMILES string of the molecule is c1cncc(-c2c3ccccc3c(-c3cncc(-c4c5ccccc5c(-c5cccnc5)c5ccccc45)c3)c3ccccc23)c1. The molecule has 46 heavy (non-hydrogen) atoms. The van der Waals surface area contributed by atoms with Gasteiger partial charge in [-0.25, -0.2) is 0 Å². The molecule has 0 spiro atoms. The van der Waals surface area contributed by atoms with E-state index in [1.807, 2.05) is 49.3 Å². The zero-order chi connectivity index (χ0) is 30.5. The van der Waals surface area contributed by atoms with Crippen LogP contribution in [0.25, 0.3) is 87.6 Å². The molecule has 0 atom stereocenters. The summed E-state index contributed by atoms with van der Waals surface area (Å²) in [5.74, 6) is 0. The molecule has 3 aromatic heterocycles. The maximum absolute atomic E-state index is 4.91. The highest BCUT2D eigenvalue weighted by Gasteiger charge is 2.20. The molecule has 9 rings (SSSR count). The number of nitrogens with zero attached hydrogens (tertiary/aromatic N) is 3. The van der Waals surface area contributed by atoms with Crippen molar-refractivity contribution in [2.45, 2.75) is 0 Å². The average molecular weight is 586 g/mol. The molecule has 0 saturated heterocycles. The first-order valence-electron chi connectivity index (χ1n) is 15.5. The molecule has 214 valence electrons. The van der Waals surface area contributed by atoms with E-state index in [2.05, 4.69) is 125 Å². The average Bonchev–Trinajstić information content (AvgIpc) is 3.13. The monoisotopic (exact) mass is 585 g/mol. The third-order valence-electron chi connectivity index (χ3n) is 9.08. The molecular weight excluding hydrogens is 558 g/mol. The van der Waals surface area contributed by atoms with Gasteiger partial charge in [-0.2, -0.15) is 0 Å². The highest BCUT2D eigenvalue weighted by molar-refractivity contribution is 6.23. The first-order valence-corrected chi connectivity index (χ1v) is 15.5. The maximum Gasteiger partial charge on any atom is 0.0347 e. The van der Waals surface area contributed by atoms with Crippen LogP contribution in [0, 0.1) is 0 Å². The molecule has 3 nitrogen and oxygen atoms in total. The van der Waals surface area contributed by atoms with Gasteiger partial charge < -0.3 is 0 Å². The molecule has 0 amide bonds. The van der Waals surface area contributed by atoms with Crippen LogP contribution in [-0.2, 0) is 0 Å². The Kier molecular flexibility index (Phi) is 6.14. The standard InChI is InChI=1S/C43H27N3/c1-5-17-36-32(13-1)40(28-11-9-21-44-24-28)33-14-2-6-18-37(33)42(36)30-23-31(27-46-26-30)43-38-19-7-3-15-34(38)41(29-12-10-22-45-25-29)35-16-4-8-20-39(35)43/h1-27H. The van der Waals surface area contributed by atoms with E-state index in [9.17, 15) is 0 Å². The second-order valence-electron chi connectivity index (χ2n) is 11.6. The van der Waals surface area contributed by atoms with Gasteiger partial charge in [0.05, 0.1) is 0 Å². The van der Waals surface area contributed by atoms with Crippen LogP contribution in [0.3, 0.4) is 0 Å². The maximum atomic E-state index is 4.91. The molecule has 3 heterocycles. The summed E-state index contributed by atoms with van der Waals surface area (Å²) >= 11 is 0. The van der Waals surface area contributed by atoms with E-state index in [0.717, 1.165) is 22.3 Å². The van der Waals surface area contributed by atoms with E-state index in [1.165, 1.54) is 65.3 Å². The molecule has 3 heteroatoms. The Morgan fingerprint density at radius 3 is 0.826 bits per heavy atom. The number of hydrogen-bond donors (Lipinski definition) is 0. The molecule has 0 radical (unpaired) electrons. The lowest BCUT2D eigenvalue weighted by molar-refractivity contribution is 1.33. The van der Waals surface area contributed by atoms with Crippen LogP contribution < -0.4 is 0 Å². The highest BCUT2D eigenvalue weighted by atomic mass is 14.6. The van der Waals surface area contributed by atoms with Gasteiger partial charge >= 0.3 is 0 Å². The predicted molar refractivity (Wildman–Crippen MR) is 192 cm³/mol. The van der Waals surface area contributed by atoms with E-state index in [-0.39, 0.29) is 0 Å². The van der Waals surface area contributed by atoms with Crippen molar-refractivity contribution in [2.24, 2.45) is 0 Å². The lowest BCUT2D eigenvalue weighted by atomic mass is 9.84. The molecule has 6 aromatic carbocycles. The van der Waals surface area contributed by atoms with Crippen molar-refractivity contribution >= 4 is 43.1 Å². The molecule has 0 bridgehead atoms. The van der Waals surface area contributed by atoms with Gasteiger partial charge in [-0.1, -0.05) is 109 Å². The van der Waals surface area contributed by atoms with Crippen LogP contribution in [0.2, 0.25) is 0 Å². The lowest BCUT2D eigenvalue weighted by Crippen LogP contribution is -1.94. The lowest BCUT2D eigenvalue weighted by Gasteiger charge is -2.19. The largest absolute Gasteiger partial charge is 0.264 e. The molecule has 0 aliphatic rings. The summed E-state index contributed by atoms with van der Waals surface area (Å²) in [6.07, 6.45) is 11.6. The van der Waals surface area contributed by atoms with Crippen molar-refractivity contribution in [2.75, 3.05) is 0 Å². The summed E-state index contributed by atoms with van der Waals surface area (Å²) in [7, 11) is 0. The van der Waals surface area contributed by atoms with Crippen LogP contribution >= 0.6 is 0 Å². The van der Waals surface area contributed by atoms with Crippen LogP contribution in [0.5, 0.6) is 0 Å². The van der Waals surface area contributed by atoms with Gasteiger partial charge in [0.1, 0.15) is 0 Å². The van der Waals surface area contributed by atoms with E-state index >= 15 is 0 Å². The fourth-order valence-electron chi connectivity index (χ4n) is 7.24. The van der Waals surface area contributed by atoms with E-state index < -0.39 is 0 Å². The van der Waals surface area contributed by atoms with Crippen LogP contribution in [-0.4, -0.2) is 15.0 Å². The molecular formula is C43H27N3. The fourth-order valence-corrected chi connectivity index (χ4v) is 7.24. The first-order chi connectivity index (χ1) is 22.9. The highest BCUT2D eigenvalue weighted by Crippen LogP contribution is 2.46. The van der Waals surface area contributed by atoms with Crippen LogP contribution in [0.15, 0.2) is 165 Å². The third kappa shape index (κ3) is 4.10. The van der Waals surface area contributed by atoms with Gasteiger partial charge in [0, 0.05) is 59.4 Å². The Morgan fingerprint density at radius 1 is 0.261 bits per heavy atom. The summed E-state index contributed by atoms with van der Waals surface area (Å²) in [6, 6.07) is 45.5. The van der Waals surface area contributed by atoms with Gasteiger partial charge in [-0.05, 0) is 83.5 Å². The Bertz CT molecular complexity index is 2280. The third-order valence-corrected chi connectivity index (χ3v) is 9.08. The first kappa shape index (κ1) is 26.2. The number of aromatic nitrogens is 3. The molecule has 0 unspecified atom stereocenters. The summed E-state index contributed by atoms with van der Waals surface area (Å²) < 4.78 is 0. The predicted octanol–water partition coefficient (Wildman–Crippen LogP) is 11.2. The van der Waals surface area contributed by atoms with Crippen molar-refractivity contribution in [3.05, 3.63) is 165 Å². The number of rotatable bonds is 4. The normalized spacial score (nSPS) is 11.5. The fraction of sp³-hybridized carbons (Fsp3) is 0. The smallest absolute Gasteiger partial charge is 0.0347 e. The Hall–Kier alpha value is -6.19. The minimum Gasteiger partial charge on any atom is -0.264 e. The number of pyridine rings is 3. The number of fused-ring (bicyclic) bond motifs is 4. The van der Waals surface area contributed by atoms with Gasteiger partial charge in [0.15, 0.2) is 0 Å². The minimum atomic E-state index is 1.09. The van der Waals surface area contributed by atoms with Crippen LogP contribution in [0.4, 0.5) is 0 Å². The van der Waals surface area contributed by atoms with Gasteiger partial charge in [0.2, 0.25) is 0 Å². The number of benzene rings is 6. The molecule has 0 saturated carbocycles. The van der Waals surface area contributed by atoms with E-state index in [4.69, 9.17) is 4.98 Å². The molecule has 0 aliphatic carbocycles. The van der Waals surface area contributed by atoms with Crippen molar-refractivity contribution < 1.29 is 0 Å². The van der Waals surface area contributed by atoms with Gasteiger partial charge in [-0.3, -0.25) is 15.0 Å². The van der Waals surface area contributed by atoms with Gasteiger partial charge in [0.25, 0.3) is 0 Å². The minimum absolute atomic E-state index is 1.09. The summed E-state index contributed by atoms with van der Waals surface area (Å²) in [5, 5.41) is 9.58. The number of hydrogen-bond acceptors (Lipinski definition) is 3. The second-order valence-corrected chi connectivity index (χ2v) is 11.6. The van der Waals surface area contributed by atoms with E-state index in [1.54, 1.807) is 0 Å². The molecule has 0 fully saturated rings. The van der Waals surface area contributed by atoms with Crippen LogP contribution in [0.1, 0.15) is 0 Å². The van der Waals surface area contributed by atoms with Gasteiger partial charge in [-0.15, -0.1) is 0 Å². The van der Waals surface area contributed by atoms with E-state index in [0.29, 0.717) is 0 Å². The Balaban J connectivity index is 1.35. The van der Waals surface area contributed by atoms with Crippen molar-refractivity contribution in [1.29, 1.82) is 0 Å². The quantitative estimate of drug-likeness (QED) is 0.193. The summed E-state index contributed by atoms with van der Waals surface area (Å²) in [5.41, 5.74) is 9.19. The zero-order valence-corrected chi connectivity index (χ0v) is 24.9. The van der Waals surface area contributed by atoms with Crippen molar-refractivity contribution in [3.8, 4) is 44.5 Å². The Morgan fingerprint density at radius 2 is 0.543 bits per heavy atom. The summed E-state index contributed by atoms with van der Waals surface area (Å²) in [4.78, 5) is 13.8. The zero-order valence-electron chi connectivity index (χ0n) is 24.9. The molecule has 0 aliphatic heterocycles. The van der Waals surface area contributed by atoms with Crippen molar-refractivity contribution in [3.63, 3.8) is 0 Å². The molecule has 9 aromatic rings. The topological polar surface area (TPSA) is 38.7 Å². The second kappa shape index (κ2) is 10.8.